The molecule has 2 aromatic rings. The van der Waals surface area contributed by atoms with E-state index in [1.807, 2.05) is 18.2 Å². The average molecular weight is 339 g/mol. The van der Waals surface area contributed by atoms with Crippen LogP contribution < -0.4 is 0 Å². The maximum Gasteiger partial charge on any atom is 0.116 e. The van der Waals surface area contributed by atoms with E-state index in [0.29, 0.717) is 11.7 Å². The molecule has 2 aromatic carbocycles. The van der Waals surface area contributed by atoms with E-state index in [4.69, 9.17) is 11.6 Å². The summed E-state index contributed by atoms with van der Waals surface area (Å²) in [5.74, 6) is 1.66. The van der Waals surface area contributed by atoms with Gasteiger partial charge in [-0.05, 0) is 78.0 Å². The average Bonchev–Trinajstić information content (AvgIpc) is 2.74. The molecule has 1 saturated carbocycles. The molecule has 0 amide bonds. The second kappa shape index (κ2) is 6.64. The highest BCUT2D eigenvalue weighted by molar-refractivity contribution is 6.32. The van der Waals surface area contributed by atoms with Crippen molar-refractivity contribution in [1.29, 1.82) is 0 Å². The van der Waals surface area contributed by atoms with Gasteiger partial charge in [-0.25, -0.2) is 0 Å². The van der Waals surface area contributed by atoms with E-state index < -0.39 is 0 Å². The van der Waals surface area contributed by atoms with Gasteiger partial charge in [0.1, 0.15) is 5.75 Å². The minimum Gasteiger partial charge on any atom is -0.508 e. The normalized spacial score (nSPS) is 25.0. The maximum atomic E-state index is 9.83. The van der Waals surface area contributed by atoms with E-state index >= 15 is 0 Å². The minimum atomic E-state index is 0.317. The molecule has 1 N–H and O–H groups in total. The molecule has 124 valence electrons. The first-order chi connectivity index (χ1) is 11.7. The summed E-state index contributed by atoms with van der Waals surface area (Å²) in [6.45, 7) is 0. The standard InChI is InChI=1S/C22H23ClO/c23-21-10-4-7-17-12-11-16-6-1-2-9-19(16)20(22(17)21)14-15-5-3-8-18(24)13-15/h3-5,7-8,10,13-14,16,19,24H,1-2,6,9,11-12H2/b20-14+. The lowest BCUT2D eigenvalue weighted by molar-refractivity contribution is 0.281. The minimum absolute atomic E-state index is 0.317. The molecule has 1 nitrogen and oxygen atoms in total. The van der Waals surface area contributed by atoms with E-state index in [0.717, 1.165) is 22.9 Å². The molecule has 0 bridgehead atoms. The van der Waals surface area contributed by atoms with Crippen molar-refractivity contribution in [2.75, 3.05) is 0 Å². The van der Waals surface area contributed by atoms with Crippen LogP contribution in [-0.4, -0.2) is 5.11 Å². The molecule has 0 radical (unpaired) electrons. The van der Waals surface area contributed by atoms with Crippen molar-refractivity contribution in [3.63, 3.8) is 0 Å². The highest BCUT2D eigenvalue weighted by Crippen LogP contribution is 2.47. The first-order valence-corrected chi connectivity index (χ1v) is 9.38. The monoisotopic (exact) mass is 338 g/mol. The number of aryl methyl sites for hydroxylation is 1. The van der Waals surface area contributed by atoms with Gasteiger partial charge in [0.2, 0.25) is 0 Å². The topological polar surface area (TPSA) is 20.2 Å². The first-order valence-electron chi connectivity index (χ1n) is 9.01. The summed E-state index contributed by atoms with van der Waals surface area (Å²) < 4.78 is 0. The van der Waals surface area contributed by atoms with E-state index in [9.17, 15) is 5.11 Å². The number of allylic oxidation sites excluding steroid dienone is 1. The Balaban J connectivity index is 1.88. The highest BCUT2D eigenvalue weighted by Gasteiger charge is 2.32. The van der Waals surface area contributed by atoms with Gasteiger partial charge in [0.25, 0.3) is 0 Å². The molecule has 24 heavy (non-hydrogen) atoms. The zero-order chi connectivity index (χ0) is 16.5. The van der Waals surface area contributed by atoms with E-state index in [-0.39, 0.29) is 0 Å². The Morgan fingerprint density at radius 1 is 1.00 bits per heavy atom. The molecular weight excluding hydrogens is 316 g/mol. The molecule has 0 spiro atoms. The van der Waals surface area contributed by atoms with Gasteiger partial charge in [0, 0.05) is 5.02 Å². The molecule has 2 atom stereocenters. The summed E-state index contributed by atoms with van der Waals surface area (Å²) in [6, 6.07) is 13.8. The van der Waals surface area contributed by atoms with Gasteiger partial charge in [0.15, 0.2) is 0 Å². The molecule has 1 fully saturated rings. The maximum absolute atomic E-state index is 9.83. The fourth-order valence-electron chi connectivity index (χ4n) is 4.56. The number of fused-ring (bicyclic) bond motifs is 2. The summed E-state index contributed by atoms with van der Waals surface area (Å²) in [5.41, 5.74) is 5.06. The third-order valence-corrected chi connectivity index (χ3v) is 5.99. The number of phenolic OH excluding ortho intramolecular Hbond substituents is 1. The van der Waals surface area contributed by atoms with Crippen LogP contribution >= 0.6 is 11.6 Å². The van der Waals surface area contributed by atoms with E-state index in [1.165, 1.54) is 48.8 Å². The van der Waals surface area contributed by atoms with Crippen molar-refractivity contribution in [2.45, 2.75) is 38.5 Å². The Labute approximate surface area is 149 Å². The predicted octanol–water partition coefficient (Wildman–Crippen LogP) is 6.34. The molecule has 2 unspecified atom stereocenters. The van der Waals surface area contributed by atoms with Crippen LogP contribution in [0.4, 0.5) is 0 Å². The third-order valence-electron chi connectivity index (χ3n) is 5.67. The molecule has 2 heteroatoms. The number of phenols is 1. The van der Waals surface area contributed by atoms with Crippen molar-refractivity contribution >= 4 is 23.3 Å². The van der Waals surface area contributed by atoms with E-state index in [1.54, 1.807) is 6.07 Å². The second-order valence-electron chi connectivity index (χ2n) is 7.16. The Morgan fingerprint density at radius 3 is 2.71 bits per heavy atom. The summed E-state index contributed by atoms with van der Waals surface area (Å²) >= 11 is 6.65. The van der Waals surface area contributed by atoms with Crippen molar-refractivity contribution in [1.82, 2.24) is 0 Å². The van der Waals surface area contributed by atoms with E-state index in [2.05, 4.69) is 24.3 Å². The molecule has 2 aliphatic carbocycles. The summed E-state index contributed by atoms with van der Waals surface area (Å²) in [6.07, 6.45) is 9.87. The van der Waals surface area contributed by atoms with Crippen LogP contribution in [0.5, 0.6) is 5.75 Å². The Kier molecular flexibility index (Phi) is 4.37. The fourth-order valence-corrected chi connectivity index (χ4v) is 4.87. The van der Waals surface area contributed by atoms with Gasteiger partial charge in [-0.15, -0.1) is 0 Å². The van der Waals surface area contributed by atoms with Crippen LogP contribution in [0.3, 0.4) is 0 Å². The van der Waals surface area contributed by atoms with Crippen LogP contribution in [0, 0.1) is 11.8 Å². The van der Waals surface area contributed by atoms with Crippen LogP contribution in [0.2, 0.25) is 5.02 Å². The summed E-state index contributed by atoms with van der Waals surface area (Å²) in [7, 11) is 0. The number of hydrogen-bond acceptors (Lipinski definition) is 1. The first kappa shape index (κ1) is 15.8. The zero-order valence-corrected chi connectivity index (χ0v) is 14.6. The van der Waals surface area contributed by atoms with Crippen LogP contribution in [0.25, 0.3) is 11.6 Å². The zero-order valence-electron chi connectivity index (χ0n) is 13.8. The lowest BCUT2D eigenvalue weighted by Gasteiger charge is -2.32. The highest BCUT2D eigenvalue weighted by atomic mass is 35.5. The number of benzene rings is 2. The molecule has 0 saturated heterocycles. The SMILES string of the molecule is Oc1cccc(/C=C2/c3c(Cl)cccc3CCC3CCCCC23)c1. The number of rotatable bonds is 1. The van der Waals surface area contributed by atoms with Crippen molar-refractivity contribution in [3.05, 3.63) is 64.2 Å². The lowest BCUT2D eigenvalue weighted by atomic mass is 9.73. The Hall–Kier alpha value is -1.73. The summed E-state index contributed by atoms with van der Waals surface area (Å²) in [5, 5.41) is 10.7. The van der Waals surface area contributed by atoms with Crippen molar-refractivity contribution < 1.29 is 5.11 Å². The lowest BCUT2D eigenvalue weighted by Crippen LogP contribution is -2.19. The van der Waals surface area contributed by atoms with Gasteiger partial charge in [-0.1, -0.05) is 54.8 Å². The Bertz CT molecular complexity index is 777. The molecule has 0 aliphatic heterocycles. The van der Waals surface area contributed by atoms with Gasteiger partial charge in [0.05, 0.1) is 0 Å². The smallest absolute Gasteiger partial charge is 0.116 e. The van der Waals surface area contributed by atoms with Gasteiger partial charge < -0.3 is 5.11 Å². The molecule has 0 aromatic heterocycles. The fraction of sp³-hybridized carbons (Fsp3) is 0.364. The van der Waals surface area contributed by atoms with Crippen LogP contribution in [0.15, 0.2) is 42.5 Å². The van der Waals surface area contributed by atoms with Crippen molar-refractivity contribution in [3.8, 4) is 5.75 Å². The quantitative estimate of drug-likeness (QED) is 0.643. The van der Waals surface area contributed by atoms with Gasteiger partial charge in [-0.2, -0.15) is 0 Å². The Morgan fingerprint density at radius 2 is 1.83 bits per heavy atom. The second-order valence-corrected chi connectivity index (χ2v) is 7.57. The van der Waals surface area contributed by atoms with Crippen LogP contribution in [0.1, 0.15) is 48.8 Å². The van der Waals surface area contributed by atoms with Crippen LogP contribution in [-0.2, 0) is 6.42 Å². The molecular formula is C22H23ClO. The molecule has 4 rings (SSSR count). The molecule has 0 heterocycles. The number of hydrogen-bond donors (Lipinski definition) is 1. The number of halogens is 1. The molecule has 2 aliphatic rings. The van der Waals surface area contributed by atoms with Crippen molar-refractivity contribution in [2.24, 2.45) is 11.8 Å². The predicted molar refractivity (Wildman–Crippen MR) is 101 cm³/mol. The van der Waals surface area contributed by atoms with Gasteiger partial charge in [-0.3, -0.25) is 0 Å². The summed E-state index contributed by atoms with van der Waals surface area (Å²) in [4.78, 5) is 0. The third kappa shape index (κ3) is 2.98. The largest absolute Gasteiger partial charge is 0.508 e. The van der Waals surface area contributed by atoms with Gasteiger partial charge >= 0.3 is 0 Å². The number of aromatic hydroxyl groups is 1.